The fourth-order valence-corrected chi connectivity index (χ4v) is 4.35. The maximum absolute atomic E-state index is 13.0. The molecule has 1 saturated heterocycles. The molecule has 4 rings (SSSR count). The molecule has 1 fully saturated rings. The van der Waals surface area contributed by atoms with Crippen molar-refractivity contribution in [3.8, 4) is 11.5 Å². The van der Waals surface area contributed by atoms with E-state index in [1.54, 1.807) is 29.2 Å². The number of aromatic hydroxyl groups is 1. The SMILES string of the molecule is CCOc1cc(C=C2SC(=S)N(c3ccc4ccccc4c3)C2=O)ccc1O. The lowest BCUT2D eigenvalue weighted by atomic mass is 10.1. The van der Waals surface area contributed by atoms with Gasteiger partial charge in [-0.05, 0) is 53.6 Å². The van der Waals surface area contributed by atoms with Gasteiger partial charge in [-0.1, -0.05) is 60.4 Å². The maximum atomic E-state index is 13.0. The molecule has 0 unspecified atom stereocenters. The molecule has 0 radical (unpaired) electrons. The van der Waals surface area contributed by atoms with Crippen LogP contribution in [-0.2, 0) is 4.79 Å². The zero-order valence-electron chi connectivity index (χ0n) is 15.1. The van der Waals surface area contributed by atoms with Crippen LogP contribution in [0.3, 0.4) is 0 Å². The van der Waals surface area contributed by atoms with E-state index in [1.165, 1.54) is 11.8 Å². The van der Waals surface area contributed by atoms with Crippen molar-refractivity contribution in [3.63, 3.8) is 0 Å². The Hall–Kier alpha value is -2.83. The number of carbonyl (C=O) groups excluding carboxylic acids is 1. The number of rotatable bonds is 4. The molecule has 1 amide bonds. The Kier molecular flexibility index (Phi) is 5.07. The minimum absolute atomic E-state index is 0.0720. The molecule has 0 saturated carbocycles. The van der Waals surface area contributed by atoms with Crippen LogP contribution in [0.1, 0.15) is 12.5 Å². The number of ether oxygens (including phenoxy) is 1. The Morgan fingerprint density at radius 3 is 2.68 bits per heavy atom. The van der Waals surface area contributed by atoms with Gasteiger partial charge in [0.05, 0.1) is 17.2 Å². The summed E-state index contributed by atoms with van der Waals surface area (Å²) in [4.78, 5) is 15.1. The fraction of sp³-hybridized carbons (Fsp3) is 0.0909. The largest absolute Gasteiger partial charge is 0.504 e. The standard InChI is InChI=1S/C22H17NO3S2/c1-2-26-19-11-14(7-10-18(19)24)12-20-21(25)23(22(27)28-20)17-9-8-15-5-3-4-6-16(15)13-17/h3-13,24H,2H2,1H3. The smallest absolute Gasteiger partial charge is 0.270 e. The van der Waals surface area contributed by atoms with Crippen LogP contribution in [-0.4, -0.2) is 21.9 Å². The third-order valence-corrected chi connectivity index (χ3v) is 5.67. The van der Waals surface area contributed by atoms with Crippen molar-refractivity contribution in [2.45, 2.75) is 6.92 Å². The van der Waals surface area contributed by atoms with Crippen LogP contribution >= 0.6 is 24.0 Å². The van der Waals surface area contributed by atoms with E-state index >= 15 is 0 Å². The van der Waals surface area contributed by atoms with E-state index in [2.05, 4.69) is 0 Å². The first-order valence-electron chi connectivity index (χ1n) is 8.79. The van der Waals surface area contributed by atoms with Gasteiger partial charge in [-0.3, -0.25) is 9.69 Å². The first kappa shape index (κ1) is 18.5. The van der Waals surface area contributed by atoms with Gasteiger partial charge >= 0.3 is 0 Å². The fourth-order valence-electron chi connectivity index (χ4n) is 3.05. The predicted molar refractivity (Wildman–Crippen MR) is 119 cm³/mol. The summed E-state index contributed by atoms with van der Waals surface area (Å²) >= 11 is 6.73. The van der Waals surface area contributed by atoms with Gasteiger partial charge in [-0.25, -0.2) is 0 Å². The average molecular weight is 408 g/mol. The molecule has 3 aromatic carbocycles. The monoisotopic (exact) mass is 407 g/mol. The highest BCUT2D eigenvalue weighted by molar-refractivity contribution is 8.27. The number of anilines is 1. The van der Waals surface area contributed by atoms with E-state index in [-0.39, 0.29) is 11.7 Å². The number of phenolic OH excluding ortho intramolecular Hbond substituents is 1. The number of hydrogen-bond donors (Lipinski definition) is 1. The normalized spacial score (nSPS) is 15.6. The van der Waals surface area contributed by atoms with Crippen molar-refractivity contribution in [1.82, 2.24) is 0 Å². The van der Waals surface area contributed by atoms with Gasteiger partial charge in [0.25, 0.3) is 5.91 Å². The molecule has 0 aromatic heterocycles. The summed E-state index contributed by atoms with van der Waals surface area (Å²) in [6.45, 7) is 2.29. The molecule has 3 aromatic rings. The summed E-state index contributed by atoms with van der Waals surface area (Å²) in [5.74, 6) is 0.306. The summed E-state index contributed by atoms with van der Waals surface area (Å²) in [5.41, 5.74) is 1.52. The van der Waals surface area contributed by atoms with E-state index in [9.17, 15) is 9.90 Å². The first-order valence-corrected chi connectivity index (χ1v) is 10.0. The minimum Gasteiger partial charge on any atom is -0.504 e. The second-order valence-electron chi connectivity index (χ2n) is 6.21. The lowest BCUT2D eigenvalue weighted by Crippen LogP contribution is -2.27. The molecule has 6 heteroatoms. The van der Waals surface area contributed by atoms with Gasteiger partial charge in [0, 0.05) is 0 Å². The van der Waals surface area contributed by atoms with Crippen LogP contribution in [0.4, 0.5) is 5.69 Å². The molecule has 0 atom stereocenters. The highest BCUT2D eigenvalue weighted by atomic mass is 32.2. The molecular weight excluding hydrogens is 390 g/mol. The summed E-state index contributed by atoms with van der Waals surface area (Å²) in [6, 6.07) is 18.9. The van der Waals surface area contributed by atoms with Crippen molar-refractivity contribution < 1.29 is 14.6 Å². The van der Waals surface area contributed by atoms with Crippen LogP contribution in [0.25, 0.3) is 16.8 Å². The van der Waals surface area contributed by atoms with Crippen molar-refractivity contribution in [1.29, 1.82) is 0 Å². The van der Waals surface area contributed by atoms with Crippen LogP contribution in [0.2, 0.25) is 0 Å². The summed E-state index contributed by atoms with van der Waals surface area (Å²) in [5, 5.41) is 12.0. The molecule has 0 spiro atoms. The third-order valence-electron chi connectivity index (χ3n) is 4.37. The van der Waals surface area contributed by atoms with Gasteiger partial charge < -0.3 is 9.84 Å². The second-order valence-corrected chi connectivity index (χ2v) is 7.88. The molecule has 0 bridgehead atoms. The number of carbonyl (C=O) groups is 1. The summed E-state index contributed by atoms with van der Waals surface area (Å²) in [7, 11) is 0. The zero-order chi connectivity index (χ0) is 19.7. The van der Waals surface area contributed by atoms with Crippen molar-refractivity contribution in [3.05, 3.63) is 71.1 Å². The molecule has 4 nitrogen and oxygen atoms in total. The number of thiocarbonyl (C=S) groups is 1. The number of fused-ring (bicyclic) bond motifs is 1. The van der Waals surface area contributed by atoms with Crippen LogP contribution in [0, 0.1) is 0 Å². The highest BCUT2D eigenvalue weighted by Gasteiger charge is 2.33. The van der Waals surface area contributed by atoms with E-state index < -0.39 is 0 Å². The molecule has 0 aliphatic carbocycles. The van der Waals surface area contributed by atoms with Crippen molar-refractivity contribution in [2.75, 3.05) is 11.5 Å². The van der Waals surface area contributed by atoms with Gasteiger partial charge in [0.15, 0.2) is 15.8 Å². The minimum atomic E-state index is -0.156. The molecule has 1 heterocycles. The Morgan fingerprint density at radius 1 is 1.11 bits per heavy atom. The van der Waals surface area contributed by atoms with E-state index in [0.29, 0.717) is 21.6 Å². The second kappa shape index (κ2) is 7.66. The Balaban J connectivity index is 1.66. The third kappa shape index (κ3) is 3.48. The predicted octanol–water partition coefficient (Wildman–Crippen LogP) is 5.35. The highest BCUT2D eigenvalue weighted by Crippen LogP contribution is 2.37. The van der Waals surface area contributed by atoms with Gasteiger partial charge in [0.2, 0.25) is 0 Å². The lowest BCUT2D eigenvalue weighted by Gasteiger charge is -2.15. The molecular formula is C22H17NO3S2. The number of phenols is 1. The number of benzene rings is 3. The molecule has 1 N–H and O–H groups in total. The van der Waals surface area contributed by atoms with Crippen LogP contribution in [0.5, 0.6) is 11.5 Å². The Morgan fingerprint density at radius 2 is 1.89 bits per heavy atom. The summed E-state index contributed by atoms with van der Waals surface area (Å²) in [6.07, 6.45) is 1.77. The van der Waals surface area contributed by atoms with Crippen LogP contribution in [0.15, 0.2) is 65.6 Å². The summed E-state index contributed by atoms with van der Waals surface area (Å²) < 4.78 is 5.91. The average Bonchev–Trinajstić information content (AvgIpc) is 2.97. The molecule has 1 aliphatic heterocycles. The van der Waals surface area contributed by atoms with E-state index in [1.807, 2.05) is 49.4 Å². The molecule has 1 aliphatic rings. The van der Waals surface area contributed by atoms with Crippen molar-refractivity contribution in [2.24, 2.45) is 0 Å². The Labute approximate surface area is 172 Å². The van der Waals surface area contributed by atoms with Crippen LogP contribution < -0.4 is 9.64 Å². The number of amides is 1. The first-order chi connectivity index (χ1) is 13.6. The lowest BCUT2D eigenvalue weighted by molar-refractivity contribution is -0.113. The van der Waals surface area contributed by atoms with Gasteiger partial charge in [0.1, 0.15) is 0 Å². The van der Waals surface area contributed by atoms with E-state index in [4.69, 9.17) is 17.0 Å². The number of hydrogen-bond acceptors (Lipinski definition) is 5. The number of nitrogens with zero attached hydrogens (tertiary/aromatic N) is 1. The molecule has 28 heavy (non-hydrogen) atoms. The van der Waals surface area contributed by atoms with Crippen molar-refractivity contribution >= 4 is 56.7 Å². The maximum Gasteiger partial charge on any atom is 0.270 e. The number of thioether (sulfide) groups is 1. The van der Waals surface area contributed by atoms with E-state index in [0.717, 1.165) is 22.0 Å². The quantitative estimate of drug-likeness (QED) is 0.467. The molecule has 140 valence electrons. The topological polar surface area (TPSA) is 49.8 Å². The van der Waals surface area contributed by atoms with Gasteiger partial charge in [-0.2, -0.15) is 0 Å². The van der Waals surface area contributed by atoms with Gasteiger partial charge in [-0.15, -0.1) is 0 Å². The zero-order valence-corrected chi connectivity index (χ0v) is 16.7. The Bertz CT molecular complexity index is 1120.